The Hall–Kier alpha value is -5.38. The summed E-state index contributed by atoms with van der Waals surface area (Å²) in [4.78, 5) is 24.7. The standard InChI is InChI=1S/2C24H25FN2O2/c2*1-24-13-15-14-26-27(18-9-7-17(25)8-10-18)22(15)12-16(24)6-11-19-20(23(28)29-2)4-3-5-21(19)24/h2*5,7-10,12,14,19-20H,3-4,6,11,13H2,1-2H3/t19-,20-,24+;19-,20-,24-/m10/s1. The van der Waals surface area contributed by atoms with E-state index in [0.29, 0.717) is 0 Å². The number of carbonyl (C=O) groups excluding carboxylic acids is 2. The van der Waals surface area contributed by atoms with Crippen LogP contribution in [0, 0.1) is 46.1 Å². The average molecular weight is 785 g/mol. The molecule has 4 aromatic rings. The van der Waals surface area contributed by atoms with Crippen molar-refractivity contribution in [1.82, 2.24) is 19.6 Å². The number of methoxy groups -OCH3 is 2. The van der Waals surface area contributed by atoms with Gasteiger partial charge in [-0.3, -0.25) is 9.59 Å². The molecule has 8 nitrogen and oxygen atoms in total. The second-order valence-corrected chi connectivity index (χ2v) is 17.3. The largest absolute Gasteiger partial charge is 0.469 e. The van der Waals surface area contributed by atoms with Crippen LogP contribution in [0.2, 0.25) is 0 Å². The number of hydrogen-bond acceptors (Lipinski definition) is 6. The molecule has 0 N–H and O–H groups in total. The van der Waals surface area contributed by atoms with Crippen LogP contribution < -0.4 is 0 Å². The molecule has 0 spiro atoms. The Labute approximate surface area is 338 Å². The molecule has 2 fully saturated rings. The van der Waals surface area contributed by atoms with Gasteiger partial charge in [-0.1, -0.05) is 48.3 Å². The number of ether oxygens (including phenoxy) is 2. The molecular weight excluding hydrogens is 735 g/mol. The van der Waals surface area contributed by atoms with Crippen molar-refractivity contribution in [3.8, 4) is 11.4 Å². The van der Waals surface area contributed by atoms with Gasteiger partial charge in [0.05, 0.1) is 61.2 Å². The number of esters is 2. The van der Waals surface area contributed by atoms with E-state index < -0.39 is 0 Å². The molecule has 2 heterocycles. The normalized spacial score (nSPS) is 27.8. The van der Waals surface area contributed by atoms with E-state index >= 15 is 0 Å². The van der Waals surface area contributed by atoms with Crippen molar-refractivity contribution in [1.29, 1.82) is 0 Å². The fraction of sp³-hybridized carbons (Fsp3) is 0.417. The topological polar surface area (TPSA) is 88.2 Å². The monoisotopic (exact) mass is 784 g/mol. The van der Waals surface area contributed by atoms with Crippen LogP contribution in [-0.4, -0.2) is 45.7 Å². The summed E-state index contributed by atoms with van der Waals surface area (Å²) in [6.07, 6.45) is 22.4. The first-order chi connectivity index (χ1) is 28.0. The predicted octanol–water partition coefficient (Wildman–Crippen LogP) is 9.75. The van der Waals surface area contributed by atoms with E-state index in [1.165, 1.54) is 71.9 Å². The van der Waals surface area contributed by atoms with E-state index in [2.05, 4.69) is 48.3 Å². The van der Waals surface area contributed by atoms with E-state index in [1.54, 1.807) is 24.3 Å². The molecule has 2 aromatic heterocycles. The Kier molecular flexibility index (Phi) is 9.72. The lowest BCUT2D eigenvalue weighted by Crippen LogP contribution is -2.41. The summed E-state index contributed by atoms with van der Waals surface area (Å²) in [6.45, 7) is 4.63. The van der Waals surface area contributed by atoms with Crippen molar-refractivity contribution >= 4 is 24.1 Å². The first kappa shape index (κ1) is 38.2. The zero-order valence-corrected chi connectivity index (χ0v) is 33.6. The number of aromatic nitrogens is 4. The zero-order valence-electron chi connectivity index (χ0n) is 33.6. The molecule has 2 aromatic carbocycles. The number of halogens is 2. The third-order valence-corrected chi connectivity index (χ3v) is 14.2. The van der Waals surface area contributed by atoms with E-state index in [1.807, 2.05) is 21.8 Å². The number of carbonyl (C=O) groups is 2. The molecule has 6 aliphatic carbocycles. The van der Waals surface area contributed by atoms with E-state index in [0.717, 1.165) is 87.0 Å². The lowest BCUT2D eigenvalue weighted by atomic mass is 9.55. The Balaban J connectivity index is 0.000000150. The van der Waals surface area contributed by atoms with Gasteiger partial charge < -0.3 is 9.47 Å². The number of hydrogen-bond donors (Lipinski definition) is 0. The van der Waals surface area contributed by atoms with Crippen LogP contribution in [0.1, 0.15) is 87.7 Å². The molecule has 0 saturated heterocycles. The van der Waals surface area contributed by atoms with Crippen molar-refractivity contribution in [3.05, 3.63) is 130 Å². The minimum atomic E-state index is -0.247. The molecule has 0 unspecified atom stereocenters. The van der Waals surface area contributed by atoms with Gasteiger partial charge in [-0.15, -0.1) is 0 Å². The summed E-state index contributed by atoms with van der Waals surface area (Å²) < 4.78 is 40.7. The molecule has 6 aliphatic rings. The van der Waals surface area contributed by atoms with E-state index in [4.69, 9.17) is 9.47 Å². The highest BCUT2D eigenvalue weighted by Crippen LogP contribution is 2.58. The van der Waals surface area contributed by atoms with Crippen LogP contribution in [0.25, 0.3) is 23.5 Å². The number of allylic oxidation sites excluding steroid dienone is 6. The molecule has 58 heavy (non-hydrogen) atoms. The Bertz CT molecular complexity index is 2240. The van der Waals surface area contributed by atoms with Gasteiger partial charge in [-0.25, -0.2) is 18.1 Å². The highest BCUT2D eigenvalue weighted by atomic mass is 19.1. The van der Waals surface area contributed by atoms with Crippen molar-refractivity contribution in [3.63, 3.8) is 0 Å². The van der Waals surface area contributed by atoms with Crippen molar-refractivity contribution < 1.29 is 27.8 Å². The quantitative estimate of drug-likeness (QED) is 0.151. The van der Waals surface area contributed by atoms with Crippen LogP contribution in [0.5, 0.6) is 0 Å². The summed E-state index contributed by atoms with van der Waals surface area (Å²) in [5.74, 6) is -0.149. The third kappa shape index (κ3) is 6.30. The molecule has 300 valence electrons. The van der Waals surface area contributed by atoms with Gasteiger partial charge in [0.2, 0.25) is 0 Å². The molecule has 0 aliphatic heterocycles. The van der Waals surface area contributed by atoms with Gasteiger partial charge in [0.25, 0.3) is 0 Å². The third-order valence-electron chi connectivity index (χ3n) is 14.2. The maximum Gasteiger partial charge on any atom is 0.309 e. The van der Waals surface area contributed by atoms with Crippen molar-refractivity contribution in [2.75, 3.05) is 14.2 Å². The maximum absolute atomic E-state index is 13.3. The molecule has 10 heteroatoms. The number of fused-ring (bicyclic) bond motifs is 8. The van der Waals surface area contributed by atoms with Gasteiger partial charge in [0.15, 0.2) is 0 Å². The van der Waals surface area contributed by atoms with E-state index in [9.17, 15) is 18.4 Å². The van der Waals surface area contributed by atoms with Crippen LogP contribution in [0.4, 0.5) is 8.78 Å². The minimum Gasteiger partial charge on any atom is -0.469 e. The molecule has 0 radical (unpaired) electrons. The molecule has 6 atom stereocenters. The Morgan fingerprint density at radius 1 is 0.638 bits per heavy atom. The molecule has 0 bridgehead atoms. The summed E-state index contributed by atoms with van der Waals surface area (Å²) in [7, 11) is 2.99. The second kappa shape index (κ2) is 14.8. The predicted molar refractivity (Wildman–Crippen MR) is 218 cm³/mol. The lowest BCUT2D eigenvalue weighted by Gasteiger charge is -2.48. The van der Waals surface area contributed by atoms with E-state index in [-0.39, 0.29) is 58.1 Å². The van der Waals surface area contributed by atoms with Gasteiger partial charge in [0.1, 0.15) is 11.6 Å². The average Bonchev–Trinajstić information content (AvgIpc) is 3.84. The van der Waals surface area contributed by atoms with Crippen molar-refractivity contribution in [2.24, 2.45) is 34.5 Å². The van der Waals surface area contributed by atoms with Crippen LogP contribution in [-0.2, 0) is 31.9 Å². The first-order valence-electron chi connectivity index (χ1n) is 20.7. The lowest BCUT2D eigenvalue weighted by molar-refractivity contribution is -0.148. The Morgan fingerprint density at radius 2 is 1.03 bits per heavy atom. The fourth-order valence-corrected chi connectivity index (χ4v) is 11.3. The van der Waals surface area contributed by atoms with Gasteiger partial charge in [-0.05, 0) is 148 Å². The SMILES string of the molecule is COC(=O)[C@@H]1CCC=C2[C@@H]1CCC1=Cc3c(cnn3-c3ccc(F)cc3)C[C@@]12C.COC(=O)[C@H]1CCC=C2[C@H]1CCC1=Cc3c(cnn3-c3ccc(F)cc3)C[C@@]12C. The number of nitrogens with zero attached hydrogens (tertiary/aromatic N) is 4. The summed E-state index contributed by atoms with van der Waals surface area (Å²) in [5, 5.41) is 9.21. The van der Waals surface area contributed by atoms with Crippen LogP contribution >= 0.6 is 0 Å². The molecule has 2 saturated carbocycles. The van der Waals surface area contributed by atoms with Crippen molar-refractivity contribution in [2.45, 2.75) is 78.1 Å². The maximum atomic E-state index is 13.3. The summed E-state index contributed by atoms with van der Waals surface area (Å²) in [5.41, 5.74) is 11.8. The summed E-state index contributed by atoms with van der Waals surface area (Å²) >= 11 is 0. The highest BCUT2D eigenvalue weighted by Gasteiger charge is 2.50. The molecule has 0 amide bonds. The van der Waals surface area contributed by atoms with Crippen LogP contribution in [0.3, 0.4) is 0 Å². The first-order valence-corrected chi connectivity index (χ1v) is 20.7. The van der Waals surface area contributed by atoms with Crippen LogP contribution in [0.15, 0.2) is 95.4 Å². The number of rotatable bonds is 4. The van der Waals surface area contributed by atoms with Gasteiger partial charge in [0, 0.05) is 10.8 Å². The van der Waals surface area contributed by atoms with Gasteiger partial charge in [-0.2, -0.15) is 10.2 Å². The van der Waals surface area contributed by atoms with Gasteiger partial charge >= 0.3 is 11.9 Å². The molecular formula is C48H50F2N4O4. The fourth-order valence-electron chi connectivity index (χ4n) is 11.3. The summed E-state index contributed by atoms with van der Waals surface area (Å²) in [6, 6.07) is 12.9. The Morgan fingerprint density at radius 3 is 1.41 bits per heavy atom. The molecule has 10 rings (SSSR count). The second-order valence-electron chi connectivity index (χ2n) is 17.3. The smallest absolute Gasteiger partial charge is 0.309 e. The number of benzene rings is 2. The highest BCUT2D eigenvalue weighted by molar-refractivity contribution is 5.75. The minimum absolute atomic E-state index is 0.0262. The zero-order chi connectivity index (χ0) is 40.3.